The molecule has 0 aliphatic rings. The number of para-hydroxylation sites is 2. The van der Waals surface area contributed by atoms with Gasteiger partial charge in [-0.3, -0.25) is 9.59 Å². The van der Waals surface area contributed by atoms with Crippen LogP contribution in [0.4, 0.5) is 5.69 Å². The number of rotatable bonds is 7. The van der Waals surface area contributed by atoms with Crippen LogP contribution in [0.3, 0.4) is 0 Å². The Hall–Kier alpha value is -3.11. The average Bonchev–Trinajstić information content (AvgIpc) is 3.05. The molecular weight excluding hydrogens is 384 g/mol. The zero-order valence-corrected chi connectivity index (χ0v) is 17.4. The first-order valence-corrected chi connectivity index (χ1v) is 10.3. The molecule has 2 aromatic carbocycles. The number of carbonyl (C=O) groups is 2. The van der Waals surface area contributed by atoms with Gasteiger partial charge in [0.2, 0.25) is 5.91 Å². The van der Waals surface area contributed by atoms with Crippen LogP contribution in [-0.4, -0.2) is 32.2 Å². The molecule has 148 valence electrons. The third-order valence-electron chi connectivity index (χ3n) is 4.69. The second-order valence-electron chi connectivity index (χ2n) is 6.85. The number of anilines is 1. The number of aryl methyl sites for hydroxylation is 2. The van der Waals surface area contributed by atoms with Gasteiger partial charge in [0.1, 0.15) is 5.82 Å². The van der Waals surface area contributed by atoms with Crippen LogP contribution in [-0.2, 0) is 16.6 Å². The third-order valence-corrected chi connectivity index (χ3v) is 5.86. The summed E-state index contributed by atoms with van der Waals surface area (Å²) in [6, 6.07) is 17.1. The molecule has 0 fully saturated rings. The summed E-state index contributed by atoms with van der Waals surface area (Å²) in [6.07, 6.45) is 0. The van der Waals surface area contributed by atoms with E-state index in [1.54, 1.807) is 18.5 Å². The van der Waals surface area contributed by atoms with E-state index in [-0.39, 0.29) is 17.4 Å². The smallest absolute Gasteiger partial charge is 0.234 e. The first-order valence-electron chi connectivity index (χ1n) is 9.23. The van der Waals surface area contributed by atoms with E-state index in [0.717, 1.165) is 22.3 Å². The lowest BCUT2D eigenvalue weighted by molar-refractivity contribution is -0.118. The number of Topliss-reactive ketones (excluding diaryl/α,β-unsaturated/α-hetero) is 1. The lowest BCUT2D eigenvalue weighted by atomic mass is 10.0. The normalized spacial score (nSPS) is 12.9. The van der Waals surface area contributed by atoms with E-state index in [4.69, 9.17) is 0 Å². The summed E-state index contributed by atoms with van der Waals surface area (Å²) in [5.74, 6) is -0.860. The highest BCUT2D eigenvalue weighted by Crippen LogP contribution is 2.25. The topological polar surface area (TPSA) is 87.8 Å². The predicted octanol–water partition coefficient (Wildman–Crippen LogP) is 3.82. The quantitative estimate of drug-likeness (QED) is 0.644. The van der Waals surface area contributed by atoms with Crippen molar-refractivity contribution < 1.29 is 9.59 Å². The zero-order valence-electron chi connectivity index (χ0n) is 16.5. The Morgan fingerprint density at radius 2 is 1.90 bits per heavy atom. The molecule has 1 N–H and O–H groups in total. The molecule has 6 nitrogen and oxygen atoms in total. The number of nitriles is 1. The Morgan fingerprint density at radius 1 is 1.21 bits per heavy atom. The molecule has 0 aliphatic carbocycles. The molecule has 0 spiro atoms. The molecule has 2 atom stereocenters. The number of benzene rings is 2. The predicted molar refractivity (Wildman–Crippen MR) is 116 cm³/mol. The molecule has 0 unspecified atom stereocenters. The fraction of sp³-hybridized carbons (Fsp3) is 0.273. The summed E-state index contributed by atoms with van der Waals surface area (Å²) in [4.78, 5) is 29.5. The molecule has 0 aliphatic heterocycles. The molecule has 3 rings (SSSR count). The van der Waals surface area contributed by atoms with E-state index < -0.39 is 11.2 Å². The molecule has 0 radical (unpaired) electrons. The summed E-state index contributed by atoms with van der Waals surface area (Å²) in [5, 5.41) is 11.9. The molecule has 29 heavy (non-hydrogen) atoms. The maximum atomic E-state index is 12.9. The summed E-state index contributed by atoms with van der Waals surface area (Å²) < 4.78 is 1.78. The van der Waals surface area contributed by atoms with Crippen LogP contribution in [0.25, 0.3) is 11.0 Å². The van der Waals surface area contributed by atoms with Gasteiger partial charge in [0.05, 0.1) is 28.1 Å². The molecular formula is C22H22N4O2S. The van der Waals surface area contributed by atoms with E-state index in [1.165, 1.54) is 11.8 Å². The fourth-order valence-electron chi connectivity index (χ4n) is 3.02. The van der Waals surface area contributed by atoms with Gasteiger partial charge < -0.3 is 9.88 Å². The summed E-state index contributed by atoms with van der Waals surface area (Å²) in [7, 11) is 1.80. The van der Waals surface area contributed by atoms with Gasteiger partial charge in [-0.1, -0.05) is 29.8 Å². The van der Waals surface area contributed by atoms with E-state index in [2.05, 4.69) is 16.4 Å². The van der Waals surface area contributed by atoms with E-state index in [1.807, 2.05) is 55.5 Å². The number of imidazole rings is 1. The molecule has 7 heteroatoms. The van der Waals surface area contributed by atoms with Crippen molar-refractivity contribution in [1.29, 1.82) is 5.26 Å². The largest absolute Gasteiger partial charge is 0.330 e. The number of nitrogens with zero attached hydrogens (tertiary/aromatic N) is 3. The number of hydrogen-bond acceptors (Lipinski definition) is 5. The summed E-state index contributed by atoms with van der Waals surface area (Å²) in [6.45, 7) is 3.70. The van der Waals surface area contributed by atoms with E-state index in [9.17, 15) is 14.9 Å². The highest BCUT2D eigenvalue weighted by Gasteiger charge is 2.30. The minimum Gasteiger partial charge on any atom is -0.330 e. The first kappa shape index (κ1) is 20.6. The Bertz CT molecular complexity index is 1080. The maximum Gasteiger partial charge on any atom is 0.234 e. The van der Waals surface area contributed by atoms with Crippen LogP contribution in [0.5, 0.6) is 0 Å². The number of hydrogen-bond donors (Lipinski definition) is 1. The first-order chi connectivity index (χ1) is 13.9. The van der Waals surface area contributed by atoms with Crippen LogP contribution >= 0.6 is 11.8 Å². The highest BCUT2D eigenvalue weighted by molar-refractivity contribution is 8.01. The second-order valence-corrected chi connectivity index (χ2v) is 8.18. The van der Waals surface area contributed by atoms with Crippen LogP contribution in [0.2, 0.25) is 0 Å². The molecule has 0 saturated carbocycles. The number of ketones is 1. The lowest BCUT2D eigenvalue weighted by Crippen LogP contribution is -2.25. The molecule has 1 amide bonds. The van der Waals surface area contributed by atoms with Gasteiger partial charge in [0.25, 0.3) is 0 Å². The van der Waals surface area contributed by atoms with Gasteiger partial charge in [-0.2, -0.15) is 5.26 Å². The number of amides is 1. The molecule has 0 saturated heterocycles. The molecule has 0 bridgehead atoms. The maximum absolute atomic E-state index is 12.9. The minimum atomic E-state index is -0.977. The van der Waals surface area contributed by atoms with Gasteiger partial charge in [-0.25, -0.2) is 4.98 Å². The number of nitrogens with one attached hydrogen (secondary N) is 1. The van der Waals surface area contributed by atoms with Gasteiger partial charge in [0, 0.05) is 12.7 Å². The standard InChI is InChI=1S/C22H22N4O2S/c1-14-8-10-16(11-9-14)24-20(27)13-29-15(2)21(28)17(12-23)22-25-18-6-4-5-7-19(18)26(22)3/h4-11,15,17H,13H2,1-3H3,(H,24,27)/t15-,17+/m0/s1. The average molecular weight is 407 g/mol. The Balaban J connectivity index is 1.64. The molecule has 3 aromatic rings. The zero-order chi connectivity index (χ0) is 21.0. The highest BCUT2D eigenvalue weighted by atomic mass is 32.2. The minimum absolute atomic E-state index is 0.126. The van der Waals surface area contributed by atoms with Crippen molar-refractivity contribution in [3.05, 3.63) is 59.9 Å². The van der Waals surface area contributed by atoms with Crippen LogP contribution in [0.15, 0.2) is 48.5 Å². The number of aromatic nitrogens is 2. The van der Waals surface area contributed by atoms with Gasteiger partial charge >= 0.3 is 0 Å². The van der Waals surface area contributed by atoms with Crippen molar-refractivity contribution in [1.82, 2.24) is 9.55 Å². The SMILES string of the molecule is Cc1ccc(NC(=O)CS[C@@H](C)C(=O)[C@@H](C#N)c2nc3ccccc3n2C)cc1. The van der Waals surface area contributed by atoms with Crippen LogP contribution in [0, 0.1) is 18.3 Å². The van der Waals surface area contributed by atoms with Crippen molar-refractivity contribution in [2.24, 2.45) is 7.05 Å². The van der Waals surface area contributed by atoms with Crippen molar-refractivity contribution in [3.8, 4) is 6.07 Å². The summed E-state index contributed by atoms with van der Waals surface area (Å²) in [5.41, 5.74) is 3.44. The number of fused-ring (bicyclic) bond motifs is 1. The van der Waals surface area contributed by atoms with Crippen molar-refractivity contribution in [2.75, 3.05) is 11.1 Å². The number of thioether (sulfide) groups is 1. The van der Waals surface area contributed by atoms with Crippen molar-refractivity contribution in [3.63, 3.8) is 0 Å². The number of carbonyl (C=O) groups excluding carboxylic acids is 2. The molecule has 1 aromatic heterocycles. The van der Waals surface area contributed by atoms with E-state index >= 15 is 0 Å². The van der Waals surface area contributed by atoms with Gasteiger partial charge in [-0.05, 0) is 38.1 Å². The second kappa shape index (κ2) is 8.93. The van der Waals surface area contributed by atoms with Crippen molar-refractivity contribution >= 4 is 40.2 Å². The molecule has 1 heterocycles. The Morgan fingerprint density at radius 3 is 2.55 bits per heavy atom. The van der Waals surface area contributed by atoms with Crippen LogP contribution in [0.1, 0.15) is 24.2 Å². The van der Waals surface area contributed by atoms with Gasteiger partial charge in [-0.15, -0.1) is 11.8 Å². The van der Waals surface area contributed by atoms with Crippen molar-refractivity contribution in [2.45, 2.75) is 25.0 Å². The summed E-state index contributed by atoms with van der Waals surface area (Å²) >= 11 is 1.22. The lowest BCUT2D eigenvalue weighted by Gasteiger charge is -2.14. The van der Waals surface area contributed by atoms with Gasteiger partial charge in [0.15, 0.2) is 11.7 Å². The Kier molecular flexibility index (Phi) is 6.35. The third kappa shape index (κ3) is 4.66. The Labute approximate surface area is 173 Å². The monoisotopic (exact) mass is 406 g/mol. The fourth-order valence-corrected chi connectivity index (χ4v) is 3.80. The van der Waals surface area contributed by atoms with Crippen LogP contribution < -0.4 is 5.32 Å². The van der Waals surface area contributed by atoms with E-state index in [0.29, 0.717) is 5.82 Å².